The van der Waals surface area contributed by atoms with Crippen LogP contribution in [-0.2, 0) is 0 Å². The van der Waals surface area contributed by atoms with Crippen molar-refractivity contribution in [3.05, 3.63) is 0 Å². The van der Waals surface area contributed by atoms with E-state index in [0.29, 0.717) is 5.92 Å². The summed E-state index contributed by atoms with van der Waals surface area (Å²) in [4.78, 5) is 14.7. The van der Waals surface area contributed by atoms with Gasteiger partial charge in [-0.25, -0.2) is 4.79 Å². The molecule has 1 saturated carbocycles. The molecular weight excluding hydrogens is 302 g/mol. The first kappa shape index (κ1) is 19.5. The van der Waals surface area contributed by atoms with Crippen LogP contribution in [0.15, 0.2) is 0 Å². The van der Waals surface area contributed by atoms with Gasteiger partial charge in [-0.15, -0.1) is 0 Å². The van der Waals surface area contributed by atoms with Crippen LogP contribution in [-0.4, -0.2) is 54.9 Å². The fourth-order valence-electron chi connectivity index (χ4n) is 3.97. The molecule has 140 valence electrons. The van der Waals surface area contributed by atoms with E-state index in [-0.39, 0.29) is 24.1 Å². The molecule has 5 nitrogen and oxygen atoms in total. The number of carbonyl (C=O) groups excluding carboxylic acids is 1. The molecule has 0 aromatic carbocycles. The molecule has 2 rings (SSSR count). The number of aliphatic hydroxyl groups is 1. The molecule has 0 radical (unpaired) electrons. The summed E-state index contributed by atoms with van der Waals surface area (Å²) >= 11 is 0. The zero-order chi connectivity index (χ0) is 17.6. The van der Waals surface area contributed by atoms with Gasteiger partial charge in [-0.2, -0.15) is 0 Å². The summed E-state index contributed by atoms with van der Waals surface area (Å²) in [6.07, 6.45) is 6.67. The fourth-order valence-corrected chi connectivity index (χ4v) is 3.97. The lowest BCUT2D eigenvalue weighted by atomic mass is 9.86. The van der Waals surface area contributed by atoms with E-state index in [9.17, 15) is 9.90 Å². The number of piperidine rings is 1. The van der Waals surface area contributed by atoms with Crippen LogP contribution in [0.5, 0.6) is 0 Å². The largest absolute Gasteiger partial charge is 0.396 e. The third-order valence-electron chi connectivity index (χ3n) is 6.03. The molecule has 2 fully saturated rings. The topological polar surface area (TPSA) is 64.6 Å². The summed E-state index contributed by atoms with van der Waals surface area (Å²) in [5.74, 6) is 1.37. The van der Waals surface area contributed by atoms with Crippen LogP contribution in [0, 0.1) is 17.3 Å². The number of hydrogen-bond donors (Lipinski definition) is 3. The lowest BCUT2D eigenvalue weighted by molar-refractivity contribution is 0.120. The third-order valence-corrected chi connectivity index (χ3v) is 6.03. The first-order valence-electron chi connectivity index (χ1n) is 9.80. The summed E-state index contributed by atoms with van der Waals surface area (Å²) in [5, 5.41) is 15.7. The maximum atomic E-state index is 12.2. The molecule has 1 aliphatic carbocycles. The van der Waals surface area contributed by atoms with Crippen LogP contribution < -0.4 is 10.6 Å². The van der Waals surface area contributed by atoms with Crippen molar-refractivity contribution in [1.29, 1.82) is 0 Å². The van der Waals surface area contributed by atoms with E-state index >= 15 is 0 Å². The molecule has 1 aliphatic heterocycles. The van der Waals surface area contributed by atoms with Gasteiger partial charge in [-0.05, 0) is 63.6 Å². The van der Waals surface area contributed by atoms with Gasteiger partial charge in [0.2, 0.25) is 0 Å². The second-order valence-corrected chi connectivity index (χ2v) is 8.58. The van der Waals surface area contributed by atoms with E-state index in [0.717, 1.165) is 44.8 Å². The Bertz CT molecular complexity index is 394. The van der Waals surface area contributed by atoms with Gasteiger partial charge < -0.3 is 20.6 Å². The zero-order valence-electron chi connectivity index (χ0n) is 15.8. The van der Waals surface area contributed by atoms with Gasteiger partial charge in [0.05, 0.1) is 6.61 Å². The predicted octanol–water partition coefficient (Wildman–Crippen LogP) is 2.59. The Morgan fingerprint density at radius 2 is 2.00 bits per heavy atom. The van der Waals surface area contributed by atoms with Gasteiger partial charge in [-0.3, -0.25) is 0 Å². The number of urea groups is 1. The van der Waals surface area contributed by atoms with Crippen molar-refractivity contribution in [2.24, 2.45) is 17.3 Å². The first-order chi connectivity index (χ1) is 11.4. The second kappa shape index (κ2) is 9.04. The van der Waals surface area contributed by atoms with E-state index in [1.54, 1.807) is 0 Å². The van der Waals surface area contributed by atoms with E-state index in [1.165, 1.54) is 25.8 Å². The summed E-state index contributed by atoms with van der Waals surface area (Å²) in [6, 6.07) is 0.0317. The minimum absolute atomic E-state index is 0.0659. The number of hydrogen-bond acceptors (Lipinski definition) is 3. The van der Waals surface area contributed by atoms with Crippen LogP contribution in [0.2, 0.25) is 0 Å². The second-order valence-electron chi connectivity index (χ2n) is 8.58. The SMILES string of the molecule is CC(C)CCN1CCC(CNC(=O)NC2CCCC2(C)CO)CC1. The summed E-state index contributed by atoms with van der Waals surface area (Å²) in [7, 11) is 0. The van der Waals surface area contributed by atoms with Crippen molar-refractivity contribution < 1.29 is 9.90 Å². The van der Waals surface area contributed by atoms with Crippen LogP contribution in [0.3, 0.4) is 0 Å². The third kappa shape index (κ3) is 5.62. The van der Waals surface area contributed by atoms with Crippen LogP contribution >= 0.6 is 0 Å². The molecule has 2 atom stereocenters. The van der Waals surface area contributed by atoms with Gasteiger partial charge in [0.15, 0.2) is 0 Å². The maximum Gasteiger partial charge on any atom is 0.315 e. The molecular formula is C19H37N3O2. The average molecular weight is 340 g/mol. The smallest absolute Gasteiger partial charge is 0.315 e. The Balaban J connectivity index is 1.63. The summed E-state index contributed by atoms with van der Waals surface area (Å²) in [5.41, 5.74) is -0.154. The van der Waals surface area contributed by atoms with Gasteiger partial charge in [0.1, 0.15) is 0 Å². The lowest BCUT2D eigenvalue weighted by Crippen LogP contribution is -2.50. The molecule has 0 bridgehead atoms. The van der Waals surface area contributed by atoms with Gasteiger partial charge in [-0.1, -0.05) is 27.2 Å². The Kier molecular flexibility index (Phi) is 7.35. The minimum atomic E-state index is -0.154. The highest BCUT2D eigenvalue weighted by Gasteiger charge is 2.39. The molecule has 0 aromatic rings. The number of carbonyl (C=O) groups is 1. The Morgan fingerprint density at radius 3 is 2.62 bits per heavy atom. The predicted molar refractivity (Wildman–Crippen MR) is 98.0 cm³/mol. The fraction of sp³-hybridized carbons (Fsp3) is 0.947. The van der Waals surface area contributed by atoms with Crippen LogP contribution in [0.4, 0.5) is 4.79 Å². The van der Waals surface area contributed by atoms with E-state index in [2.05, 4.69) is 36.3 Å². The number of amides is 2. The molecule has 5 heteroatoms. The number of likely N-dealkylation sites (tertiary alicyclic amines) is 1. The van der Waals surface area contributed by atoms with Crippen molar-refractivity contribution in [1.82, 2.24) is 15.5 Å². The van der Waals surface area contributed by atoms with Crippen molar-refractivity contribution in [2.75, 3.05) is 32.8 Å². The molecule has 2 unspecified atom stereocenters. The Labute approximate surface area is 147 Å². The van der Waals surface area contributed by atoms with Crippen molar-refractivity contribution in [3.8, 4) is 0 Å². The maximum absolute atomic E-state index is 12.2. The van der Waals surface area contributed by atoms with E-state index in [1.807, 2.05) is 0 Å². The standard InChI is InChI=1S/C19H37N3O2/c1-15(2)6-10-22-11-7-16(8-12-22)13-20-18(24)21-17-5-4-9-19(17,3)14-23/h15-17,23H,4-14H2,1-3H3,(H2,20,21,24). The highest BCUT2D eigenvalue weighted by molar-refractivity contribution is 5.74. The number of aliphatic hydroxyl groups excluding tert-OH is 1. The van der Waals surface area contributed by atoms with Crippen LogP contribution in [0.1, 0.15) is 59.3 Å². The highest BCUT2D eigenvalue weighted by Crippen LogP contribution is 2.37. The number of nitrogens with zero attached hydrogens (tertiary/aromatic N) is 1. The number of nitrogens with one attached hydrogen (secondary N) is 2. The first-order valence-corrected chi connectivity index (χ1v) is 9.80. The molecule has 3 N–H and O–H groups in total. The summed E-state index contributed by atoms with van der Waals surface area (Å²) < 4.78 is 0. The minimum Gasteiger partial charge on any atom is -0.396 e. The quantitative estimate of drug-likeness (QED) is 0.668. The highest BCUT2D eigenvalue weighted by atomic mass is 16.3. The van der Waals surface area contributed by atoms with Crippen molar-refractivity contribution in [3.63, 3.8) is 0 Å². The molecule has 2 amide bonds. The van der Waals surface area contributed by atoms with Gasteiger partial charge in [0.25, 0.3) is 0 Å². The molecule has 0 spiro atoms. The molecule has 1 heterocycles. The van der Waals surface area contributed by atoms with E-state index in [4.69, 9.17) is 0 Å². The Morgan fingerprint density at radius 1 is 1.29 bits per heavy atom. The van der Waals surface area contributed by atoms with E-state index < -0.39 is 0 Å². The van der Waals surface area contributed by atoms with Crippen molar-refractivity contribution >= 4 is 6.03 Å². The zero-order valence-corrected chi connectivity index (χ0v) is 15.8. The lowest BCUT2D eigenvalue weighted by Gasteiger charge is -2.33. The molecule has 24 heavy (non-hydrogen) atoms. The molecule has 2 aliphatic rings. The average Bonchev–Trinajstić information content (AvgIpc) is 2.93. The normalized spacial score (nSPS) is 29.1. The van der Waals surface area contributed by atoms with Crippen LogP contribution in [0.25, 0.3) is 0 Å². The molecule has 0 aromatic heterocycles. The van der Waals surface area contributed by atoms with Crippen molar-refractivity contribution in [2.45, 2.75) is 65.3 Å². The Hall–Kier alpha value is -0.810. The van der Waals surface area contributed by atoms with Gasteiger partial charge in [0, 0.05) is 18.0 Å². The number of rotatable bonds is 7. The van der Waals surface area contributed by atoms with Gasteiger partial charge >= 0.3 is 6.03 Å². The monoisotopic (exact) mass is 339 g/mol. The summed E-state index contributed by atoms with van der Waals surface area (Å²) in [6.45, 7) is 11.1. The molecule has 1 saturated heterocycles.